The van der Waals surface area contributed by atoms with Crippen LogP contribution < -0.4 is 0 Å². The van der Waals surface area contributed by atoms with E-state index in [4.69, 9.17) is 0 Å². The summed E-state index contributed by atoms with van der Waals surface area (Å²) in [5.74, 6) is 1.85. The second-order valence-corrected chi connectivity index (χ2v) is 9.28. The van der Waals surface area contributed by atoms with Crippen molar-refractivity contribution in [3.05, 3.63) is 34.9 Å². The first kappa shape index (κ1) is 22.5. The molecule has 2 rings (SSSR count). The molecule has 0 unspecified atom stereocenters. The lowest BCUT2D eigenvalue weighted by atomic mass is 9.76. The quantitative estimate of drug-likeness (QED) is 0.304. The van der Waals surface area contributed by atoms with E-state index in [0.29, 0.717) is 0 Å². The van der Waals surface area contributed by atoms with Crippen molar-refractivity contribution in [1.29, 1.82) is 0 Å². The van der Waals surface area contributed by atoms with Crippen molar-refractivity contribution >= 4 is 0 Å². The lowest BCUT2D eigenvalue weighted by molar-refractivity contribution is 0.302. The summed E-state index contributed by atoms with van der Waals surface area (Å²) < 4.78 is 0. The van der Waals surface area contributed by atoms with Gasteiger partial charge in [0.25, 0.3) is 0 Å². The van der Waals surface area contributed by atoms with Gasteiger partial charge in [0.1, 0.15) is 0 Å². The molecular weight excluding hydrogens is 324 g/mol. The van der Waals surface area contributed by atoms with Gasteiger partial charge in [-0.15, -0.1) is 0 Å². The smallest absolute Gasteiger partial charge is 0.0159 e. The van der Waals surface area contributed by atoms with E-state index in [2.05, 4.69) is 39.0 Å². The van der Waals surface area contributed by atoms with E-state index in [9.17, 15) is 0 Å². The van der Waals surface area contributed by atoms with Crippen molar-refractivity contribution in [2.75, 3.05) is 0 Å². The van der Waals surface area contributed by atoms with Crippen molar-refractivity contribution in [1.82, 2.24) is 0 Å². The van der Waals surface area contributed by atoms with Crippen LogP contribution >= 0.6 is 0 Å². The molecule has 0 N–H and O–H groups in total. The van der Waals surface area contributed by atoms with E-state index >= 15 is 0 Å². The summed E-state index contributed by atoms with van der Waals surface area (Å²) in [6.45, 7) is 6.97. The van der Waals surface area contributed by atoms with Crippen LogP contribution in [0.3, 0.4) is 0 Å². The lowest BCUT2D eigenvalue weighted by Crippen LogP contribution is -2.14. The monoisotopic (exact) mass is 370 g/mol. The van der Waals surface area contributed by atoms with Crippen LogP contribution in [0, 0.1) is 12.8 Å². The Morgan fingerprint density at radius 2 is 1.37 bits per heavy atom. The van der Waals surface area contributed by atoms with Crippen LogP contribution in [0.5, 0.6) is 0 Å². The van der Waals surface area contributed by atoms with Crippen LogP contribution in [-0.2, 0) is 6.42 Å². The van der Waals surface area contributed by atoms with E-state index in [1.807, 2.05) is 0 Å². The molecule has 1 aliphatic rings. The average Bonchev–Trinajstić information content (AvgIpc) is 2.68. The first-order valence-electron chi connectivity index (χ1n) is 12.3. The number of hydrogen-bond donors (Lipinski definition) is 0. The number of benzene rings is 1. The summed E-state index contributed by atoms with van der Waals surface area (Å²) >= 11 is 0. The first-order chi connectivity index (χ1) is 13.2. The molecule has 154 valence electrons. The summed E-state index contributed by atoms with van der Waals surface area (Å²) in [7, 11) is 0. The molecule has 0 atom stereocenters. The Morgan fingerprint density at radius 1 is 0.741 bits per heavy atom. The summed E-state index contributed by atoms with van der Waals surface area (Å²) in [6.07, 6.45) is 22.6. The minimum Gasteiger partial charge on any atom is -0.0654 e. The van der Waals surface area contributed by atoms with Gasteiger partial charge < -0.3 is 0 Å². The minimum absolute atomic E-state index is 0.833. The van der Waals surface area contributed by atoms with Crippen molar-refractivity contribution in [2.24, 2.45) is 5.92 Å². The fraction of sp³-hybridized carbons (Fsp3) is 0.778. The Labute approximate surface area is 170 Å². The van der Waals surface area contributed by atoms with E-state index < -0.39 is 0 Å². The molecule has 1 saturated carbocycles. The molecule has 0 radical (unpaired) electrons. The van der Waals surface area contributed by atoms with Crippen LogP contribution in [0.1, 0.15) is 133 Å². The normalized spacial score (nSPS) is 20.1. The molecule has 0 spiro atoms. The van der Waals surface area contributed by atoms with E-state index in [1.165, 1.54) is 103 Å². The summed E-state index contributed by atoms with van der Waals surface area (Å²) in [5, 5.41) is 0. The Kier molecular flexibility index (Phi) is 11.2. The SMILES string of the molecule is CCCCCCCCCc1ccc([C@H]2CC[C@H](CCCCC)CC2)c(C)c1. The van der Waals surface area contributed by atoms with Crippen LogP contribution in [0.15, 0.2) is 18.2 Å². The second-order valence-electron chi connectivity index (χ2n) is 9.28. The third-order valence-electron chi connectivity index (χ3n) is 6.91. The molecule has 0 amide bonds. The maximum atomic E-state index is 2.50. The number of hydrogen-bond acceptors (Lipinski definition) is 0. The highest BCUT2D eigenvalue weighted by molar-refractivity contribution is 5.34. The number of aryl methyl sites for hydroxylation is 2. The van der Waals surface area contributed by atoms with Gasteiger partial charge in [-0.3, -0.25) is 0 Å². The molecule has 1 aliphatic carbocycles. The molecule has 0 aliphatic heterocycles. The Bertz CT molecular complexity index is 493. The highest BCUT2D eigenvalue weighted by Crippen LogP contribution is 2.39. The van der Waals surface area contributed by atoms with Gasteiger partial charge in [0.05, 0.1) is 0 Å². The largest absolute Gasteiger partial charge is 0.0654 e. The lowest BCUT2D eigenvalue weighted by Gasteiger charge is -2.30. The van der Waals surface area contributed by atoms with Gasteiger partial charge in [0.15, 0.2) is 0 Å². The van der Waals surface area contributed by atoms with Gasteiger partial charge in [-0.2, -0.15) is 0 Å². The molecule has 0 heteroatoms. The fourth-order valence-electron chi connectivity index (χ4n) is 5.08. The Balaban J connectivity index is 1.70. The van der Waals surface area contributed by atoms with Gasteiger partial charge >= 0.3 is 0 Å². The second kappa shape index (κ2) is 13.4. The van der Waals surface area contributed by atoms with Crippen molar-refractivity contribution in [3.63, 3.8) is 0 Å². The molecule has 1 fully saturated rings. The molecule has 0 heterocycles. The third-order valence-corrected chi connectivity index (χ3v) is 6.91. The zero-order valence-corrected chi connectivity index (χ0v) is 18.7. The fourth-order valence-corrected chi connectivity index (χ4v) is 5.08. The van der Waals surface area contributed by atoms with Gasteiger partial charge in [-0.1, -0.05) is 96.3 Å². The highest BCUT2D eigenvalue weighted by Gasteiger charge is 2.23. The van der Waals surface area contributed by atoms with Gasteiger partial charge in [-0.05, 0) is 74.0 Å². The number of rotatable bonds is 13. The zero-order chi connectivity index (χ0) is 19.3. The maximum Gasteiger partial charge on any atom is -0.0159 e. The zero-order valence-electron chi connectivity index (χ0n) is 18.7. The van der Waals surface area contributed by atoms with Gasteiger partial charge in [0, 0.05) is 0 Å². The molecule has 1 aromatic rings. The Morgan fingerprint density at radius 3 is 2.04 bits per heavy atom. The molecule has 0 saturated heterocycles. The Hall–Kier alpha value is -0.780. The molecular formula is C27H46. The highest BCUT2D eigenvalue weighted by atomic mass is 14.3. The first-order valence-corrected chi connectivity index (χ1v) is 12.3. The summed E-state index contributed by atoms with van der Waals surface area (Å²) in [6, 6.07) is 7.42. The van der Waals surface area contributed by atoms with Crippen molar-refractivity contribution in [2.45, 2.75) is 129 Å². The van der Waals surface area contributed by atoms with Crippen LogP contribution in [-0.4, -0.2) is 0 Å². The number of unbranched alkanes of at least 4 members (excludes halogenated alkanes) is 8. The van der Waals surface area contributed by atoms with Crippen molar-refractivity contribution < 1.29 is 0 Å². The van der Waals surface area contributed by atoms with Gasteiger partial charge in [-0.25, -0.2) is 0 Å². The predicted octanol–water partition coefficient (Wildman–Crippen LogP) is 9.14. The topological polar surface area (TPSA) is 0 Å². The van der Waals surface area contributed by atoms with E-state index in [0.717, 1.165) is 11.8 Å². The molecule has 1 aromatic carbocycles. The molecule has 0 bridgehead atoms. The molecule has 0 nitrogen and oxygen atoms in total. The van der Waals surface area contributed by atoms with Crippen LogP contribution in [0.4, 0.5) is 0 Å². The van der Waals surface area contributed by atoms with Gasteiger partial charge in [0.2, 0.25) is 0 Å². The molecule has 27 heavy (non-hydrogen) atoms. The van der Waals surface area contributed by atoms with Crippen LogP contribution in [0.2, 0.25) is 0 Å². The summed E-state index contributed by atoms with van der Waals surface area (Å²) in [4.78, 5) is 0. The molecule has 0 aromatic heterocycles. The van der Waals surface area contributed by atoms with Crippen molar-refractivity contribution in [3.8, 4) is 0 Å². The van der Waals surface area contributed by atoms with E-state index in [-0.39, 0.29) is 0 Å². The van der Waals surface area contributed by atoms with Crippen LogP contribution in [0.25, 0.3) is 0 Å². The standard InChI is InChI=1S/C27H46/c1-4-6-8-9-10-11-13-15-25-18-21-27(23(3)22-25)26-19-16-24(17-20-26)14-12-7-5-2/h18,21-22,24,26H,4-17,19-20H2,1-3H3/t24-,26-. The summed E-state index contributed by atoms with van der Waals surface area (Å²) in [5.41, 5.74) is 4.79. The maximum absolute atomic E-state index is 2.50. The predicted molar refractivity (Wildman–Crippen MR) is 122 cm³/mol. The minimum atomic E-state index is 0.833. The third kappa shape index (κ3) is 8.41. The average molecular weight is 371 g/mol. The van der Waals surface area contributed by atoms with E-state index in [1.54, 1.807) is 16.7 Å².